The standard InChI is InChI=1S/C14H19FN2O3/c1-4-8-14(2,12(18)20-3)17-13(19)16-11-7-5-6-10(15)9-11/h5-7,9H,4,8H2,1-3H3,(H2,16,17,19). The second-order valence-electron chi connectivity index (χ2n) is 4.66. The molecule has 2 amide bonds. The molecule has 1 atom stereocenters. The summed E-state index contributed by atoms with van der Waals surface area (Å²) >= 11 is 0. The van der Waals surface area contributed by atoms with Crippen LogP contribution in [0.5, 0.6) is 0 Å². The normalized spacial score (nSPS) is 13.2. The molecule has 1 rings (SSSR count). The minimum absolute atomic E-state index is 0.311. The van der Waals surface area contributed by atoms with Gasteiger partial charge in [-0.05, 0) is 31.5 Å². The number of amides is 2. The zero-order chi connectivity index (χ0) is 15.2. The van der Waals surface area contributed by atoms with Crippen molar-refractivity contribution in [1.29, 1.82) is 0 Å². The summed E-state index contributed by atoms with van der Waals surface area (Å²) in [6.45, 7) is 3.49. The topological polar surface area (TPSA) is 67.4 Å². The van der Waals surface area contributed by atoms with Crippen LogP contribution in [0.1, 0.15) is 26.7 Å². The molecule has 0 aromatic heterocycles. The highest BCUT2D eigenvalue weighted by atomic mass is 19.1. The maximum Gasteiger partial charge on any atom is 0.331 e. The number of rotatable bonds is 5. The monoisotopic (exact) mass is 282 g/mol. The molecule has 1 aromatic rings. The average molecular weight is 282 g/mol. The highest BCUT2D eigenvalue weighted by molar-refractivity contribution is 5.94. The Morgan fingerprint density at radius 2 is 2.10 bits per heavy atom. The zero-order valence-electron chi connectivity index (χ0n) is 11.8. The van der Waals surface area contributed by atoms with Crippen molar-refractivity contribution in [2.75, 3.05) is 12.4 Å². The Morgan fingerprint density at radius 3 is 2.65 bits per heavy atom. The number of benzene rings is 1. The molecule has 20 heavy (non-hydrogen) atoms. The van der Waals surface area contributed by atoms with E-state index in [0.29, 0.717) is 18.5 Å². The first-order chi connectivity index (χ1) is 9.41. The van der Waals surface area contributed by atoms with E-state index < -0.39 is 23.4 Å². The van der Waals surface area contributed by atoms with Crippen molar-refractivity contribution in [2.45, 2.75) is 32.2 Å². The number of anilines is 1. The summed E-state index contributed by atoms with van der Waals surface area (Å²) in [5, 5.41) is 5.04. The lowest BCUT2D eigenvalue weighted by Gasteiger charge is -2.27. The minimum Gasteiger partial charge on any atom is -0.467 e. The predicted molar refractivity (Wildman–Crippen MR) is 73.9 cm³/mol. The highest BCUT2D eigenvalue weighted by Gasteiger charge is 2.35. The van der Waals surface area contributed by atoms with E-state index in [-0.39, 0.29) is 0 Å². The van der Waals surface area contributed by atoms with Crippen LogP contribution in [0.15, 0.2) is 24.3 Å². The Balaban J connectivity index is 2.74. The predicted octanol–water partition coefficient (Wildman–Crippen LogP) is 2.68. The summed E-state index contributed by atoms with van der Waals surface area (Å²) in [4.78, 5) is 23.6. The number of hydrogen-bond donors (Lipinski definition) is 2. The Kier molecular flexibility index (Phi) is 5.49. The van der Waals surface area contributed by atoms with Gasteiger partial charge in [0, 0.05) is 5.69 Å². The van der Waals surface area contributed by atoms with Crippen molar-refractivity contribution >= 4 is 17.7 Å². The quantitative estimate of drug-likeness (QED) is 0.816. The summed E-state index contributed by atoms with van der Waals surface area (Å²) < 4.78 is 17.7. The van der Waals surface area contributed by atoms with Gasteiger partial charge >= 0.3 is 12.0 Å². The van der Waals surface area contributed by atoms with Crippen LogP contribution in [0.2, 0.25) is 0 Å². The van der Waals surface area contributed by atoms with Crippen LogP contribution < -0.4 is 10.6 Å². The van der Waals surface area contributed by atoms with Crippen LogP contribution in [0, 0.1) is 5.82 Å². The second kappa shape index (κ2) is 6.88. The molecule has 0 radical (unpaired) electrons. The number of esters is 1. The maximum absolute atomic E-state index is 13.0. The molecule has 1 unspecified atom stereocenters. The maximum atomic E-state index is 13.0. The van der Waals surface area contributed by atoms with Crippen LogP contribution in [-0.2, 0) is 9.53 Å². The fourth-order valence-corrected chi connectivity index (χ4v) is 1.92. The molecule has 5 nitrogen and oxygen atoms in total. The Bertz CT molecular complexity index is 493. The summed E-state index contributed by atoms with van der Waals surface area (Å²) in [6, 6.07) is 4.92. The number of hydrogen-bond acceptors (Lipinski definition) is 3. The lowest BCUT2D eigenvalue weighted by Crippen LogP contribution is -2.54. The molecular formula is C14H19FN2O3. The van der Waals surface area contributed by atoms with Crippen LogP contribution in [0.3, 0.4) is 0 Å². The Morgan fingerprint density at radius 1 is 1.40 bits per heavy atom. The van der Waals surface area contributed by atoms with E-state index >= 15 is 0 Å². The van der Waals surface area contributed by atoms with Crippen molar-refractivity contribution in [3.05, 3.63) is 30.1 Å². The van der Waals surface area contributed by atoms with Gasteiger partial charge in [0.25, 0.3) is 0 Å². The molecule has 0 fully saturated rings. The molecule has 1 aromatic carbocycles. The van der Waals surface area contributed by atoms with Crippen molar-refractivity contribution in [3.63, 3.8) is 0 Å². The van der Waals surface area contributed by atoms with E-state index in [4.69, 9.17) is 4.74 Å². The molecule has 6 heteroatoms. The molecule has 0 aliphatic rings. The number of halogens is 1. The minimum atomic E-state index is -1.11. The van der Waals surface area contributed by atoms with Crippen LogP contribution in [0.25, 0.3) is 0 Å². The van der Waals surface area contributed by atoms with Crippen LogP contribution in [-0.4, -0.2) is 24.6 Å². The summed E-state index contributed by atoms with van der Waals surface area (Å²) in [7, 11) is 1.27. The van der Waals surface area contributed by atoms with Crippen molar-refractivity contribution in [3.8, 4) is 0 Å². The third-order valence-corrected chi connectivity index (χ3v) is 2.86. The molecule has 0 heterocycles. The summed E-state index contributed by atoms with van der Waals surface area (Å²) in [5.74, 6) is -0.971. The van der Waals surface area contributed by atoms with Gasteiger partial charge in [-0.15, -0.1) is 0 Å². The fourth-order valence-electron chi connectivity index (χ4n) is 1.92. The van der Waals surface area contributed by atoms with Gasteiger partial charge in [0.1, 0.15) is 11.4 Å². The lowest BCUT2D eigenvalue weighted by atomic mass is 9.96. The largest absolute Gasteiger partial charge is 0.467 e. The average Bonchev–Trinajstić information content (AvgIpc) is 2.37. The van der Waals surface area contributed by atoms with Gasteiger partial charge < -0.3 is 15.4 Å². The third-order valence-electron chi connectivity index (χ3n) is 2.86. The van der Waals surface area contributed by atoms with Gasteiger partial charge in [0.2, 0.25) is 0 Å². The molecular weight excluding hydrogens is 263 g/mol. The lowest BCUT2D eigenvalue weighted by molar-refractivity contribution is -0.147. The zero-order valence-corrected chi connectivity index (χ0v) is 11.8. The fraction of sp³-hybridized carbons (Fsp3) is 0.429. The van der Waals surface area contributed by atoms with Crippen molar-refractivity contribution in [1.82, 2.24) is 5.32 Å². The molecule has 0 aliphatic carbocycles. The number of ether oxygens (including phenoxy) is 1. The third kappa shape index (κ3) is 4.22. The molecule has 0 bridgehead atoms. The van der Waals surface area contributed by atoms with E-state index in [1.165, 1.54) is 25.3 Å². The second-order valence-corrected chi connectivity index (χ2v) is 4.66. The van der Waals surface area contributed by atoms with Gasteiger partial charge in [-0.3, -0.25) is 0 Å². The van der Waals surface area contributed by atoms with E-state index in [0.717, 1.165) is 0 Å². The molecule has 2 N–H and O–H groups in total. The van der Waals surface area contributed by atoms with E-state index in [2.05, 4.69) is 10.6 Å². The van der Waals surface area contributed by atoms with Gasteiger partial charge in [-0.2, -0.15) is 0 Å². The molecule has 0 saturated heterocycles. The smallest absolute Gasteiger partial charge is 0.331 e. The molecule has 110 valence electrons. The SMILES string of the molecule is CCCC(C)(NC(=O)Nc1cccc(F)c1)C(=O)OC. The van der Waals surface area contributed by atoms with Crippen molar-refractivity contribution < 1.29 is 18.7 Å². The Hall–Kier alpha value is -2.11. The van der Waals surface area contributed by atoms with Gasteiger partial charge in [0.05, 0.1) is 7.11 Å². The molecule has 0 aliphatic heterocycles. The van der Waals surface area contributed by atoms with Gasteiger partial charge in [0.15, 0.2) is 0 Å². The van der Waals surface area contributed by atoms with E-state index in [9.17, 15) is 14.0 Å². The first kappa shape index (κ1) is 15.9. The van der Waals surface area contributed by atoms with Crippen molar-refractivity contribution in [2.24, 2.45) is 0 Å². The number of urea groups is 1. The highest BCUT2D eigenvalue weighted by Crippen LogP contribution is 2.15. The number of methoxy groups -OCH3 is 1. The summed E-state index contributed by atoms with van der Waals surface area (Å²) in [6.07, 6.45) is 1.14. The number of carbonyl (C=O) groups excluding carboxylic acids is 2. The number of nitrogens with one attached hydrogen (secondary N) is 2. The van der Waals surface area contributed by atoms with E-state index in [1.54, 1.807) is 13.0 Å². The van der Waals surface area contributed by atoms with Gasteiger partial charge in [-0.1, -0.05) is 19.4 Å². The Labute approximate surface area is 117 Å². The first-order valence-corrected chi connectivity index (χ1v) is 6.34. The van der Waals surface area contributed by atoms with Crippen LogP contribution in [0.4, 0.5) is 14.9 Å². The molecule has 0 spiro atoms. The molecule has 0 saturated carbocycles. The van der Waals surface area contributed by atoms with Crippen LogP contribution >= 0.6 is 0 Å². The summed E-state index contributed by atoms with van der Waals surface area (Å²) in [5.41, 5.74) is -0.799. The van der Waals surface area contributed by atoms with Gasteiger partial charge in [-0.25, -0.2) is 14.0 Å². The van der Waals surface area contributed by atoms with E-state index in [1.807, 2.05) is 6.92 Å². The first-order valence-electron chi connectivity index (χ1n) is 6.34. The number of carbonyl (C=O) groups is 2.